The van der Waals surface area contributed by atoms with Crippen LogP contribution in [0.1, 0.15) is 12.0 Å². The fourth-order valence-corrected chi connectivity index (χ4v) is 2.09. The van der Waals surface area contributed by atoms with Gasteiger partial charge in [-0.3, -0.25) is 0 Å². The van der Waals surface area contributed by atoms with E-state index in [1.165, 1.54) is 6.20 Å². The first kappa shape index (κ1) is 15.8. The van der Waals surface area contributed by atoms with Crippen LogP contribution in [0.2, 0.25) is 0 Å². The Labute approximate surface area is 120 Å². The highest BCUT2D eigenvalue weighted by Crippen LogP contribution is 2.37. The molecular weight excluding hydrogens is 287 g/mol. The summed E-state index contributed by atoms with van der Waals surface area (Å²) >= 11 is 0. The highest BCUT2D eigenvalue weighted by molar-refractivity contribution is 5.50. The smallest absolute Gasteiger partial charge is 0.421 e. The number of rotatable bonds is 5. The summed E-state index contributed by atoms with van der Waals surface area (Å²) in [6, 6.07) is 1.08. The topological polar surface area (TPSA) is 57.6 Å². The molecule has 1 aromatic heterocycles. The van der Waals surface area contributed by atoms with Crippen molar-refractivity contribution in [1.29, 1.82) is 0 Å². The highest BCUT2D eigenvalue weighted by Gasteiger charge is 2.36. The Kier molecular flexibility index (Phi) is 5.24. The van der Waals surface area contributed by atoms with Crippen LogP contribution in [0.4, 0.5) is 18.9 Å². The highest BCUT2D eigenvalue weighted by atomic mass is 19.4. The average molecular weight is 305 g/mol. The van der Waals surface area contributed by atoms with E-state index in [0.717, 1.165) is 19.2 Å². The molecule has 1 aromatic rings. The molecule has 2 heterocycles. The van der Waals surface area contributed by atoms with E-state index >= 15 is 0 Å². The Morgan fingerprint density at radius 1 is 1.33 bits per heavy atom. The molecule has 2 rings (SSSR count). The van der Waals surface area contributed by atoms with E-state index in [1.54, 1.807) is 0 Å². The lowest BCUT2D eigenvalue weighted by Crippen LogP contribution is -2.43. The number of halogens is 3. The fourth-order valence-electron chi connectivity index (χ4n) is 2.09. The van der Waals surface area contributed by atoms with Crippen molar-refractivity contribution >= 4 is 5.69 Å². The summed E-state index contributed by atoms with van der Waals surface area (Å²) in [5.41, 5.74) is -0.435. The number of hydrogen-bond donors (Lipinski definition) is 2. The molecule has 0 aromatic carbocycles. The molecule has 1 aliphatic heterocycles. The Bertz CT molecular complexity index is 462. The number of hydrogen-bond acceptors (Lipinski definition) is 5. The second-order valence-corrected chi connectivity index (χ2v) is 4.71. The van der Waals surface area contributed by atoms with E-state index in [2.05, 4.69) is 10.3 Å². The van der Waals surface area contributed by atoms with E-state index in [9.17, 15) is 13.2 Å². The summed E-state index contributed by atoms with van der Waals surface area (Å²) in [5.74, 6) is -0.435. The molecule has 2 N–H and O–H groups in total. The standard InChI is InChI=1S/C13H18F3N3O2/c14-13(15,16)11-8-10(19-4-2-17-3-5-19)9-18-12(11)21-7-1-6-20/h8-9,17,20H,1-7H2. The number of nitrogens with one attached hydrogen (secondary N) is 1. The van der Waals surface area contributed by atoms with Crippen molar-refractivity contribution in [2.75, 3.05) is 44.3 Å². The molecule has 21 heavy (non-hydrogen) atoms. The summed E-state index contributed by atoms with van der Waals surface area (Å²) in [7, 11) is 0. The fraction of sp³-hybridized carbons (Fsp3) is 0.615. The SMILES string of the molecule is OCCCOc1ncc(N2CCNCC2)cc1C(F)(F)F. The van der Waals surface area contributed by atoms with Gasteiger partial charge in [-0.05, 0) is 6.07 Å². The molecule has 0 aliphatic carbocycles. The molecule has 1 saturated heterocycles. The van der Waals surface area contributed by atoms with E-state index in [4.69, 9.17) is 9.84 Å². The van der Waals surface area contributed by atoms with Gasteiger partial charge in [-0.2, -0.15) is 13.2 Å². The van der Waals surface area contributed by atoms with Gasteiger partial charge >= 0.3 is 6.18 Å². The van der Waals surface area contributed by atoms with Crippen molar-refractivity contribution < 1.29 is 23.0 Å². The number of aliphatic hydroxyl groups is 1. The van der Waals surface area contributed by atoms with Crippen molar-refractivity contribution in [2.45, 2.75) is 12.6 Å². The van der Waals surface area contributed by atoms with E-state index in [0.29, 0.717) is 18.8 Å². The Morgan fingerprint density at radius 2 is 2.05 bits per heavy atom. The molecule has 0 saturated carbocycles. The quantitative estimate of drug-likeness (QED) is 0.803. The molecule has 0 unspecified atom stereocenters. The summed E-state index contributed by atoms with van der Waals surface area (Å²) in [5, 5.41) is 11.8. The number of aliphatic hydroxyl groups excluding tert-OH is 1. The van der Waals surface area contributed by atoms with Crippen LogP contribution in [-0.2, 0) is 6.18 Å². The van der Waals surface area contributed by atoms with Gasteiger partial charge in [-0.25, -0.2) is 4.98 Å². The summed E-state index contributed by atoms with van der Waals surface area (Å²) in [6.45, 7) is 2.61. The third-order valence-corrected chi connectivity index (χ3v) is 3.17. The lowest BCUT2D eigenvalue weighted by Gasteiger charge is -2.29. The molecule has 8 heteroatoms. The third kappa shape index (κ3) is 4.21. The molecule has 5 nitrogen and oxygen atoms in total. The number of anilines is 1. The minimum absolute atomic E-state index is 0.000436. The zero-order valence-corrected chi connectivity index (χ0v) is 11.5. The molecule has 118 valence electrons. The first-order chi connectivity index (χ1) is 10.0. The van der Waals surface area contributed by atoms with E-state index in [-0.39, 0.29) is 19.6 Å². The van der Waals surface area contributed by atoms with Crippen molar-refractivity contribution in [3.05, 3.63) is 17.8 Å². The van der Waals surface area contributed by atoms with Crippen LogP contribution in [0.15, 0.2) is 12.3 Å². The minimum atomic E-state index is -4.52. The van der Waals surface area contributed by atoms with Crippen LogP contribution >= 0.6 is 0 Å². The van der Waals surface area contributed by atoms with Crippen LogP contribution in [0.3, 0.4) is 0 Å². The van der Waals surface area contributed by atoms with Gasteiger partial charge in [-0.15, -0.1) is 0 Å². The molecule has 0 radical (unpaired) electrons. The van der Waals surface area contributed by atoms with Crippen LogP contribution < -0.4 is 15.0 Å². The summed E-state index contributed by atoms with van der Waals surface area (Å²) in [6.07, 6.45) is -2.86. The van der Waals surface area contributed by atoms with Gasteiger partial charge in [0, 0.05) is 39.2 Å². The number of aromatic nitrogens is 1. The minimum Gasteiger partial charge on any atom is -0.477 e. The maximum absolute atomic E-state index is 13.1. The van der Waals surface area contributed by atoms with Gasteiger partial charge in [0.2, 0.25) is 5.88 Å². The van der Waals surface area contributed by atoms with Gasteiger partial charge in [0.1, 0.15) is 5.56 Å². The van der Waals surface area contributed by atoms with Crippen LogP contribution in [0.25, 0.3) is 0 Å². The molecular formula is C13H18F3N3O2. The Morgan fingerprint density at radius 3 is 2.67 bits per heavy atom. The number of ether oxygens (including phenoxy) is 1. The lowest BCUT2D eigenvalue weighted by atomic mass is 10.2. The normalized spacial score (nSPS) is 16.1. The Hall–Kier alpha value is -1.54. The van der Waals surface area contributed by atoms with E-state index in [1.807, 2.05) is 4.90 Å². The predicted molar refractivity (Wildman–Crippen MR) is 71.5 cm³/mol. The zero-order chi connectivity index (χ0) is 15.3. The monoisotopic (exact) mass is 305 g/mol. The molecule has 0 amide bonds. The zero-order valence-electron chi connectivity index (χ0n) is 11.5. The maximum Gasteiger partial charge on any atom is 0.421 e. The molecule has 1 fully saturated rings. The van der Waals surface area contributed by atoms with Crippen molar-refractivity contribution in [2.24, 2.45) is 0 Å². The van der Waals surface area contributed by atoms with E-state index < -0.39 is 17.6 Å². The van der Waals surface area contributed by atoms with Crippen molar-refractivity contribution in [1.82, 2.24) is 10.3 Å². The average Bonchev–Trinajstić information content (AvgIpc) is 2.47. The van der Waals surface area contributed by atoms with Gasteiger partial charge in [-0.1, -0.05) is 0 Å². The molecule has 0 bridgehead atoms. The van der Waals surface area contributed by atoms with Crippen molar-refractivity contribution in [3.63, 3.8) is 0 Å². The Balaban J connectivity index is 2.21. The second kappa shape index (κ2) is 6.95. The largest absolute Gasteiger partial charge is 0.477 e. The number of piperazine rings is 1. The van der Waals surface area contributed by atoms with Gasteiger partial charge in [0.05, 0.1) is 18.5 Å². The third-order valence-electron chi connectivity index (χ3n) is 3.17. The molecule has 0 spiro atoms. The first-order valence-electron chi connectivity index (χ1n) is 6.79. The molecule has 1 aliphatic rings. The second-order valence-electron chi connectivity index (χ2n) is 4.71. The first-order valence-corrected chi connectivity index (χ1v) is 6.79. The van der Waals surface area contributed by atoms with Crippen LogP contribution in [-0.4, -0.2) is 49.5 Å². The van der Waals surface area contributed by atoms with Crippen LogP contribution in [0.5, 0.6) is 5.88 Å². The van der Waals surface area contributed by atoms with Gasteiger partial charge < -0.3 is 20.1 Å². The predicted octanol–water partition coefficient (Wildman–Crippen LogP) is 1.27. The molecule has 0 atom stereocenters. The number of nitrogens with zero attached hydrogens (tertiary/aromatic N) is 2. The number of pyridine rings is 1. The van der Waals surface area contributed by atoms with Gasteiger partial charge in [0.15, 0.2) is 0 Å². The van der Waals surface area contributed by atoms with Gasteiger partial charge in [0.25, 0.3) is 0 Å². The summed E-state index contributed by atoms with van der Waals surface area (Å²) < 4.78 is 44.3. The van der Waals surface area contributed by atoms with Crippen molar-refractivity contribution in [3.8, 4) is 5.88 Å². The maximum atomic E-state index is 13.1. The lowest BCUT2D eigenvalue weighted by molar-refractivity contribution is -0.139. The van der Waals surface area contributed by atoms with Crippen LogP contribution in [0, 0.1) is 0 Å². The number of alkyl halides is 3. The summed E-state index contributed by atoms with van der Waals surface area (Å²) in [4.78, 5) is 5.66.